The van der Waals surface area contributed by atoms with E-state index in [0.29, 0.717) is 5.56 Å². The molecule has 0 atom stereocenters. The van der Waals surface area contributed by atoms with Crippen LogP contribution in [0.15, 0.2) is 36.5 Å². The Morgan fingerprint density at radius 1 is 1.39 bits per heavy atom. The van der Waals surface area contributed by atoms with Gasteiger partial charge in [0.15, 0.2) is 0 Å². The van der Waals surface area contributed by atoms with Gasteiger partial charge in [-0.25, -0.2) is 9.37 Å². The van der Waals surface area contributed by atoms with Gasteiger partial charge in [0.05, 0.1) is 10.6 Å². The third-order valence-electron chi connectivity index (χ3n) is 2.33. The first-order valence-electron chi connectivity index (χ1n) is 5.20. The van der Waals surface area contributed by atoms with Crippen LogP contribution in [0, 0.1) is 22.9 Å². The second-order valence-electron chi connectivity index (χ2n) is 3.74. The van der Waals surface area contributed by atoms with E-state index < -0.39 is 10.7 Å². The first-order chi connectivity index (χ1) is 8.58. The zero-order valence-corrected chi connectivity index (χ0v) is 9.55. The van der Waals surface area contributed by atoms with Crippen molar-refractivity contribution in [3.8, 4) is 0 Å². The SMILES string of the molecule is Cc1cnc(Nc2ccccc2F)c([N+](=O)[O-])c1. The van der Waals surface area contributed by atoms with Crippen molar-refractivity contribution in [2.45, 2.75) is 6.92 Å². The first kappa shape index (κ1) is 12.0. The highest BCUT2D eigenvalue weighted by Crippen LogP contribution is 2.26. The molecule has 2 rings (SSSR count). The fourth-order valence-corrected chi connectivity index (χ4v) is 1.48. The maximum atomic E-state index is 13.4. The standard InChI is InChI=1S/C12H10FN3O2/c1-8-6-11(16(17)18)12(14-7-8)15-10-5-3-2-4-9(10)13/h2-7H,1H3,(H,14,15). The van der Waals surface area contributed by atoms with E-state index in [9.17, 15) is 14.5 Å². The monoisotopic (exact) mass is 247 g/mol. The molecule has 0 unspecified atom stereocenters. The van der Waals surface area contributed by atoms with Crippen molar-refractivity contribution in [1.82, 2.24) is 4.98 Å². The van der Waals surface area contributed by atoms with E-state index in [0.717, 1.165) is 0 Å². The molecule has 0 aliphatic rings. The third-order valence-corrected chi connectivity index (χ3v) is 2.33. The van der Waals surface area contributed by atoms with Crippen molar-refractivity contribution in [3.05, 3.63) is 58.0 Å². The minimum absolute atomic E-state index is 0.0238. The van der Waals surface area contributed by atoms with E-state index in [4.69, 9.17) is 0 Å². The lowest BCUT2D eigenvalue weighted by molar-refractivity contribution is -0.384. The number of aromatic nitrogens is 1. The largest absolute Gasteiger partial charge is 0.332 e. The first-order valence-corrected chi connectivity index (χ1v) is 5.20. The molecule has 18 heavy (non-hydrogen) atoms. The lowest BCUT2D eigenvalue weighted by Gasteiger charge is -2.07. The van der Waals surface area contributed by atoms with E-state index in [1.165, 1.54) is 30.5 Å². The molecule has 2 aromatic rings. The van der Waals surface area contributed by atoms with Crippen LogP contribution in [0.2, 0.25) is 0 Å². The van der Waals surface area contributed by atoms with Gasteiger partial charge in [0, 0.05) is 12.3 Å². The Bertz CT molecular complexity index is 602. The Labute approximate surface area is 102 Å². The van der Waals surface area contributed by atoms with Gasteiger partial charge in [0.2, 0.25) is 5.82 Å². The zero-order valence-electron chi connectivity index (χ0n) is 9.55. The number of benzene rings is 1. The summed E-state index contributed by atoms with van der Waals surface area (Å²) in [5.41, 5.74) is 0.635. The van der Waals surface area contributed by atoms with Gasteiger partial charge in [0.25, 0.3) is 0 Å². The van der Waals surface area contributed by atoms with Crippen molar-refractivity contribution in [3.63, 3.8) is 0 Å². The Morgan fingerprint density at radius 2 is 2.11 bits per heavy atom. The van der Waals surface area contributed by atoms with E-state index in [2.05, 4.69) is 10.3 Å². The van der Waals surface area contributed by atoms with Crippen molar-refractivity contribution >= 4 is 17.2 Å². The summed E-state index contributed by atoms with van der Waals surface area (Å²) >= 11 is 0. The molecule has 0 saturated heterocycles. The molecule has 1 aromatic carbocycles. The van der Waals surface area contributed by atoms with Gasteiger partial charge in [-0.15, -0.1) is 0 Å². The summed E-state index contributed by atoms with van der Waals surface area (Å²) in [7, 11) is 0. The molecule has 0 amide bonds. The van der Waals surface area contributed by atoms with Gasteiger partial charge in [-0.2, -0.15) is 0 Å². The van der Waals surface area contributed by atoms with Crippen LogP contribution in [0.3, 0.4) is 0 Å². The Balaban J connectivity index is 2.41. The quantitative estimate of drug-likeness (QED) is 0.668. The van der Waals surface area contributed by atoms with Gasteiger partial charge in [-0.3, -0.25) is 10.1 Å². The Morgan fingerprint density at radius 3 is 2.78 bits per heavy atom. The molecular formula is C12H10FN3O2. The highest BCUT2D eigenvalue weighted by Gasteiger charge is 2.16. The molecule has 6 heteroatoms. The predicted molar refractivity (Wildman–Crippen MR) is 65.3 cm³/mol. The fraction of sp³-hybridized carbons (Fsp3) is 0.0833. The Kier molecular flexibility index (Phi) is 3.18. The molecule has 0 aliphatic heterocycles. The van der Waals surface area contributed by atoms with Crippen LogP contribution in [-0.4, -0.2) is 9.91 Å². The summed E-state index contributed by atoms with van der Waals surface area (Å²) in [5, 5.41) is 13.5. The number of nitrogens with one attached hydrogen (secondary N) is 1. The molecule has 0 aliphatic carbocycles. The highest BCUT2D eigenvalue weighted by molar-refractivity contribution is 5.65. The maximum Gasteiger partial charge on any atom is 0.311 e. The van der Waals surface area contributed by atoms with Crippen molar-refractivity contribution in [2.75, 3.05) is 5.32 Å². The number of hydrogen-bond acceptors (Lipinski definition) is 4. The fourth-order valence-electron chi connectivity index (χ4n) is 1.48. The van der Waals surface area contributed by atoms with Crippen LogP contribution in [0.25, 0.3) is 0 Å². The van der Waals surface area contributed by atoms with Gasteiger partial charge in [-0.05, 0) is 24.6 Å². The number of nitro groups is 1. The van der Waals surface area contributed by atoms with Gasteiger partial charge in [0.1, 0.15) is 5.82 Å². The van der Waals surface area contributed by atoms with Crippen LogP contribution in [0.4, 0.5) is 21.6 Å². The molecule has 1 heterocycles. The van der Waals surface area contributed by atoms with E-state index >= 15 is 0 Å². The molecule has 0 saturated carbocycles. The van der Waals surface area contributed by atoms with Crippen molar-refractivity contribution in [2.24, 2.45) is 0 Å². The molecule has 0 fully saturated rings. The van der Waals surface area contributed by atoms with E-state index in [1.807, 2.05) is 0 Å². The van der Waals surface area contributed by atoms with Crippen LogP contribution < -0.4 is 5.32 Å². The van der Waals surface area contributed by atoms with Gasteiger partial charge in [-0.1, -0.05) is 12.1 Å². The predicted octanol–water partition coefficient (Wildman–Crippen LogP) is 3.18. The van der Waals surface area contributed by atoms with Crippen LogP contribution in [-0.2, 0) is 0 Å². The average molecular weight is 247 g/mol. The molecular weight excluding hydrogens is 237 g/mol. The summed E-state index contributed by atoms with van der Waals surface area (Å²) in [4.78, 5) is 14.2. The van der Waals surface area contributed by atoms with Gasteiger partial charge < -0.3 is 5.32 Å². The number of hydrogen-bond donors (Lipinski definition) is 1. The zero-order chi connectivity index (χ0) is 13.1. The molecule has 0 bridgehead atoms. The number of halogens is 1. The van der Waals surface area contributed by atoms with Crippen LogP contribution in [0.1, 0.15) is 5.56 Å². The highest BCUT2D eigenvalue weighted by atomic mass is 19.1. The number of para-hydroxylation sites is 1. The van der Waals surface area contributed by atoms with Crippen molar-refractivity contribution in [1.29, 1.82) is 0 Å². The Hall–Kier alpha value is -2.50. The maximum absolute atomic E-state index is 13.4. The number of rotatable bonds is 3. The molecule has 1 aromatic heterocycles. The minimum atomic E-state index is -0.552. The van der Waals surface area contributed by atoms with Crippen molar-refractivity contribution < 1.29 is 9.31 Å². The number of pyridine rings is 1. The second kappa shape index (κ2) is 4.79. The van der Waals surface area contributed by atoms with Crippen LogP contribution in [0.5, 0.6) is 0 Å². The molecule has 5 nitrogen and oxygen atoms in total. The molecule has 92 valence electrons. The minimum Gasteiger partial charge on any atom is -0.332 e. The van der Waals surface area contributed by atoms with E-state index in [-0.39, 0.29) is 17.2 Å². The topological polar surface area (TPSA) is 68.1 Å². The normalized spacial score (nSPS) is 10.1. The smallest absolute Gasteiger partial charge is 0.311 e. The summed E-state index contributed by atoms with van der Waals surface area (Å²) in [5.74, 6) is -0.468. The van der Waals surface area contributed by atoms with Crippen LogP contribution >= 0.6 is 0 Å². The molecule has 0 radical (unpaired) electrons. The number of nitrogens with zero attached hydrogens (tertiary/aromatic N) is 2. The summed E-state index contributed by atoms with van der Waals surface area (Å²) in [6, 6.07) is 7.31. The van der Waals surface area contributed by atoms with Gasteiger partial charge >= 0.3 is 5.69 Å². The number of anilines is 2. The second-order valence-corrected chi connectivity index (χ2v) is 3.74. The summed E-state index contributed by atoms with van der Waals surface area (Å²) < 4.78 is 13.4. The molecule has 0 spiro atoms. The third kappa shape index (κ3) is 2.42. The average Bonchev–Trinajstić information content (AvgIpc) is 2.34. The lowest BCUT2D eigenvalue weighted by atomic mass is 10.2. The lowest BCUT2D eigenvalue weighted by Crippen LogP contribution is -2.01. The summed E-state index contributed by atoms with van der Waals surface area (Å²) in [6.45, 7) is 1.70. The summed E-state index contributed by atoms with van der Waals surface area (Å²) in [6.07, 6.45) is 1.48. The van der Waals surface area contributed by atoms with E-state index in [1.54, 1.807) is 13.0 Å². The molecule has 1 N–H and O–H groups in total. The number of aryl methyl sites for hydroxylation is 1.